The van der Waals surface area contributed by atoms with Crippen LogP contribution in [0.25, 0.3) is 0 Å². The summed E-state index contributed by atoms with van der Waals surface area (Å²) in [4.78, 5) is 0. The summed E-state index contributed by atoms with van der Waals surface area (Å²) in [7, 11) is -1.67. The molecule has 1 aromatic rings. The molecule has 0 aliphatic carbocycles. The lowest BCUT2D eigenvalue weighted by atomic mass is 10.2. The Labute approximate surface area is 111 Å². The monoisotopic (exact) mass is 233 g/mol. The first-order valence-electron chi connectivity index (χ1n) is 4.98. The molecule has 0 bridgehead atoms. The van der Waals surface area contributed by atoms with Crippen LogP contribution in [-0.4, -0.2) is 31.4 Å². The van der Waals surface area contributed by atoms with Gasteiger partial charge in [0.25, 0.3) is 0 Å². The van der Waals surface area contributed by atoms with E-state index < -0.39 is 8.32 Å². The lowest BCUT2D eigenvalue weighted by Crippen LogP contribution is -2.43. The van der Waals surface area contributed by atoms with Gasteiger partial charge in [-0.2, -0.15) is 0 Å². The highest BCUT2D eigenvalue weighted by molar-refractivity contribution is 6.74. The number of hydrogen-bond acceptors (Lipinski definition) is 1. The van der Waals surface area contributed by atoms with Gasteiger partial charge in [-0.25, -0.2) is 0 Å². The Morgan fingerprint density at radius 1 is 1.27 bits per heavy atom. The van der Waals surface area contributed by atoms with Crippen LogP contribution in [0, 0.1) is 6.07 Å². The van der Waals surface area contributed by atoms with Crippen molar-refractivity contribution in [2.45, 2.75) is 38.9 Å². The molecule has 15 heavy (non-hydrogen) atoms. The Morgan fingerprint density at radius 2 is 1.87 bits per heavy atom. The zero-order valence-electron chi connectivity index (χ0n) is 9.72. The van der Waals surface area contributed by atoms with Crippen LogP contribution in [0.4, 0.5) is 0 Å². The lowest BCUT2D eigenvalue weighted by molar-refractivity contribution is 0.492. The predicted molar refractivity (Wildman–Crippen MR) is 71.6 cm³/mol. The maximum atomic E-state index is 6.07. The van der Waals surface area contributed by atoms with Crippen molar-refractivity contribution >= 4 is 31.4 Å². The number of rotatable bonds is 2. The van der Waals surface area contributed by atoms with Crippen LogP contribution in [0.1, 0.15) is 20.8 Å². The fourth-order valence-corrected chi connectivity index (χ4v) is 1.91. The van der Waals surface area contributed by atoms with Crippen LogP contribution < -0.4 is 4.43 Å². The van der Waals surface area contributed by atoms with Crippen molar-refractivity contribution in [2.24, 2.45) is 0 Å². The van der Waals surface area contributed by atoms with E-state index in [0.717, 1.165) is 5.75 Å². The SMILES string of the molecule is CC(C)(C)[Si](C)(C)Oc1c[c]ccc1.[MgH2]. The summed E-state index contributed by atoms with van der Waals surface area (Å²) < 4.78 is 6.07. The summed E-state index contributed by atoms with van der Waals surface area (Å²) in [6.07, 6.45) is 0. The predicted octanol–water partition coefficient (Wildman–Crippen LogP) is 2.95. The molecule has 0 fully saturated rings. The molecule has 0 aliphatic rings. The molecule has 0 atom stereocenters. The van der Waals surface area contributed by atoms with Crippen LogP contribution in [0.15, 0.2) is 24.3 Å². The molecule has 1 radical (unpaired) electrons. The normalized spacial score (nSPS) is 11.8. The molecule has 0 aromatic heterocycles. The maximum Gasteiger partial charge on any atom is 0.316 e. The van der Waals surface area contributed by atoms with E-state index in [1.165, 1.54) is 0 Å². The summed E-state index contributed by atoms with van der Waals surface area (Å²) in [6.45, 7) is 11.2. The minimum absolute atomic E-state index is 0. The van der Waals surface area contributed by atoms with Crippen LogP contribution in [0.5, 0.6) is 5.75 Å². The van der Waals surface area contributed by atoms with Crippen molar-refractivity contribution in [3.05, 3.63) is 30.3 Å². The molecular weight excluding hydrogens is 213 g/mol. The van der Waals surface area contributed by atoms with Crippen molar-refractivity contribution in [3.8, 4) is 5.75 Å². The lowest BCUT2D eigenvalue weighted by Gasteiger charge is -2.36. The average molecular weight is 234 g/mol. The first-order valence-corrected chi connectivity index (χ1v) is 7.89. The van der Waals surface area contributed by atoms with Gasteiger partial charge >= 0.3 is 23.1 Å². The third-order valence-electron chi connectivity index (χ3n) is 2.86. The topological polar surface area (TPSA) is 9.23 Å². The summed E-state index contributed by atoms with van der Waals surface area (Å²) >= 11 is 0. The van der Waals surface area contributed by atoms with Gasteiger partial charge in [0.2, 0.25) is 8.32 Å². The molecule has 0 spiro atoms. The average Bonchev–Trinajstić information content (AvgIpc) is 2.03. The molecule has 0 saturated heterocycles. The van der Waals surface area contributed by atoms with Gasteiger partial charge in [0.05, 0.1) is 0 Å². The molecule has 0 unspecified atom stereocenters. The molecule has 0 N–H and O–H groups in total. The standard InChI is InChI=1S/C12H19OSi.Mg.2H/c1-12(2,3)14(4,5)13-11-9-7-6-8-10-11;;;/h6-7,9-10H,1-5H3;;;. The first kappa shape index (κ1) is 15.0. The fourth-order valence-electron chi connectivity index (χ4n) is 0.888. The second-order valence-corrected chi connectivity index (χ2v) is 9.83. The molecule has 3 heteroatoms. The second-order valence-electron chi connectivity index (χ2n) is 5.10. The van der Waals surface area contributed by atoms with Crippen LogP contribution >= 0.6 is 0 Å². The zero-order chi connectivity index (χ0) is 10.8. The summed E-state index contributed by atoms with van der Waals surface area (Å²) in [5.74, 6) is 0.944. The molecule has 0 heterocycles. The van der Waals surface area contributed by atoms with Crippen molar-refractivity contribution < 1.29 is 4.43 Å². The molecule has 1 aromatic carbocycles. The van der Waals surface area contributed by atoms with Gasteiger partial charge < -0.3 is 4.43 Å². The van der Waals surface area contributed by atoms with Gasteiger partial charge in [0.1, 0.15) is 5.75 Å². The summed E-state index contributed by atoms with van der Waals surface area (Å²) in [5.41, 5.74) is 0. The highest BCUT2D eigenvalue weighted by Gasteiger charge is 2.38. The van der Waals surface area contributed by atoms with E-state index >= 15 is 0 Å². The van der Waals surface area contributed by atoms with E-state index in [1.54, 1.807) is 0 Å². The summed E-state index contributed by atoms with van der Waals surface area (Å²) in [6, 6.07) is 10.8. The van der Waals surface area contributed by atoms with Crippen LogP contribution in [-0.2, 0) is 0 Å². The molecule has 1 rings (SSSR count). The van der Waals surface area contributed by atoms with E-state index in [9.17, 15) is 0 Å². The zero-order valence-corrected chi connectivity index (χ0v) is 10.7. The largest absolute Gasteiger partial charge is 0.543 e. The van der Waals surface area contributed by atoms with E-state index in [0.29, 0.717) is 0 Å². The Kier molecular flexibility index (Phi) is 5.37. The minimum Gasteiger partial charge on any atom is -0.543 e. The highest BCUT2D eigenvalue weighted by atomic mass is 28.4. The molecule has 0 amide bonds. The fraction of sp³-hybridized carbons (Fsp3) is 0.500. The maximum absolute atomic E-state index is 6.07. The molecule has 1 nitrogen and oxygen atoms in total. The Hall–Kier alpha value is 0.00312. The Morgan fingerprint density at radius 3 is 2.27 bits per heavy atom. The highest BCUT2D eigenvalue weighted by Crippen LogP contribution is 2.37. The van der Waals surface area contributed by atoms with Gasteiger partial charge in [0.15, 0.2) is 0 Å². The van der Waals surface area contributed by atoms with Gasteiger partial charge in [-0.15, -0.1) is 0 Å². The van der Waals surface area contributed by atoms with Crippen molar-refractivity contribution in [1.82, 2.24) is 0 Å². The molecule has 0 aliphatic heterocycles. The van der Waals surface area contributed by atoms with Gasteiger partial charge in [0, 0.05) is 0 Å². The van der Waals surface area contributed by atoms with Crippen LogP contribution in [0.3, 0.4) is 0 Å². The van der Waals surface area contributed by atoms with E-state index in [-0.39, 0.29) is 28.1 Å². The van der Waals surface area contributed by atoms with Crippen molar-refractivity contribution in [2.75, 3.05) is 0 Å². The van der Waals surface area contributed by atoms with E-state index in [1.807, 2.05) is 24.3 Å². The first-order chi connectivity index (χ1) is 6.33. The quantitative estimate of drug-likeness (QED) is 0.714. The van der Waals surface area contributed by atoms with Gasteiger partial charge in [-0.1, -0.05) is 32.9 Å². The molecule has 0 saturated carbocycles. The smallest absolute Gasteiger partial charge is 0.316 e. The third-order valence-corrected chi connectivity index (χ3v) is 7.22. The van der Waals surface area contributed by atoms with Crippen molar-refractivity contribution in [1.29, 1.82) is 0 Å². The van der Waals surface area contributed by atoms with Crippen molar-refractivity contribution in [3.63, 3.8) is 0 Å². The van der Waals surface area contributed by atoms with Gasteiger partial charge in [-0.05, 0) is 36.3 Å². The summed E-state index contributed by atoms with van der Waals surface area (Å²) in [5, 5.41) is 0.253. The molecular formula is C12H21MgOSi. The Bertz CT molecular complexity index is 290. The van der Waals surface area contributed by atoms with Gasteiger partial charge in [-0.3, -0.25) is 0 Å². The number of benzene rings is 1. The van der Waals surface area contributed by atoms with E-state index in [4.69, 9.17) is 4.43 Å². The molecule has 81 valence electrons. The second kappa shape index (κ2) is 5.37. The minimum atomic E-state index is -1.67. The number of hydrogen-bond donors (Lipinski definition) is 0. The van der Waals surface area contributed by atoms with Crippen LogP contribution in [0.2, 0.25) is 18.1 Å². The third kappa shape index (κ3) is 4.17. The Balaban J connectivity index is 0.00000196. The van der Waals surface area contributed by atoms with E-state index in [2.05, 4.69) is 39.9 Å².